The molecule has 1 aliphatic heterocycles. The van der Waals surface area contributed by atoms with E-state index >= 15 is 0 Å². The monoisotopic (exact) mass is 364 g/mol. The van der Waals surface area contributed by atoms with Crippen LogP contribution in [0.25, 0.3) is 0 Å². The highest BCUT2D eigenvalue weighted by molar-refractivity contribution is 7.91. The lowest BCUT2D eigenvalue weighted by Crippen LogP contribution is -2.40. The first-order chi connectivity index (χ1) is 11.9. The van der Waals surface area contributed by atoms with Crippen LogP contribution in [0.4, 0.5) is 5.69 Å². The van der Waals surface area contributed by atoms with Gasteiger partial charge in [0.05, 0.1) is 11.5 Å². The van der Waals surface area contributed by atoms with Gasteiger partial charge in [-0.15, -0.1) is 0 Å². The minimum Gasteiger partial charge on any atom is -0.335 e. The minimum absolute atomic E-state index is 0.0386. The summed E-state index contributed by atoms with van der Waals surface area (Å²) in [6, 6.07) is 6.57. The van der Waals surface area contributed by atoms with Gasteiger partial charge in [0.25, 0.3) is 5.91 Å². The van der Waals surface area contributed by atoms with E-state index in [1.54, 1.807) is 29.2 Å². The number of nitrogens with one attached hydrogen (secondary N) is 1. The molecule has 1 aromatic rings. The van der Waals surface area contributed by atoms with E-state index < -0.39 is 9.84 Å². The summed E-state index contributed by atoms with van der Waals surface area (Å²) in [6.45, 7) is 2.33. The molecule has 3 rings (SSSR count). The fourth-order valence-electron chi connectivity index (χ4n) is 3.37. The van der Waals surface area contributed by atoms with E-state index in [-0.39, 0.29) is 35.3 Å². The van der Waals surface area contributed by atoms with Gasteiger partial charge in [-0.25, -0.2) is 8.42 Å². The van der Waals surface area contributed by atoms with Crippen LogP contribution in [0.3, 0.4) is 0 Å². The van der Waals surface area contributed by atoms with Crippen molar-refractivity contribution in [3.8, 4) is 0 Å². The molecule has 2 aliphatic rings. The molecule has 7 heteroatoms. The van der Waals surface area contributed by atoms with Crippen LogP contribution in [0.15, 0.2) is 24.3 Å². The second-order valence-electron chi connectivity index (χ2n) is 6.84. The summed E-state index contributed by atoms with van der Waals surface area (Å²) in [5.41, 5.74) is 1.19. The summed E-state index contributed by atoms with van der Waals surface area (Å²) in [5, 5.41) is 2.88. The van der Waals surface area contributed by atoms with Gasteiger partial charge in [-0.2, -0.15) is 0 Å². The summed E-state index contributed by atoms with van der Waals surface area (Å²) in [6.07, 6.45) is 3.49. The molecule has 25 heavy (non-hydrogen) atoms. The summed E-state index contributed by atoms with van der Waals surface area (Å²) >= 11 is 0. The molecular weight excluding hydrogens is 340 g/mol. The van der Waals surface area contributed by atoms with Crippen molar-refractivity contribution >= 4 is 27.3 Å². The van der Waals surface area contributed by atoms with Gasteiger partial charge < -0.3 is 10.2 Å². The number of carbonyl (C=O) groups is 2. The molecule has 1 N–H and O–H groups in total. The van der Waals surface area contributed by atoms with Crippen molar-refractivity contribution in [1.29, 1.82) is 0 Å². The van der Waals surface area contributed by atoms with Crippen molar-refractivity contribution in [2.75, 3.05) is 23.4 Å². The van der Waals surface area contributed by atoms with Crippen LogP contribution >= 0.6 is 0 Å². The fraction of sp³-hybridized carbons (Fsp3) is 0.556. The Bertz CT molecular complexity index is 754. The number of nitrogens with zero attached hydrogens (tertiary/aromatic N) is 1. The molecule has 0 aromatic heterocycles. The van der Waals surface area contributed by atoms with Gasteiger partial charge in [0.2, 0.25) is 5.91 Å². The molecule has 1 aliphatic carbocycles. The van der Waals surface area contributed by atoms with Crippen molar-refractivity contribution in [1.82, 2.24) is 4.90 Å². The summed E-state index contributed by atoms with van der Waals surface area (Å²) in [4.78, 5) is 26.3. The zero-order valence-electron chi connectivity index (χ0n) is 14.4. The number of anilines is 1. The van der Waals surface area contributed by atoms with Crippen LogP contribution in [-0.2, 0) is 14.6 Å². The number of amides is 2. The Labute approximate surface area is 148 Å². The van der Waals surface area contributed by atoms with Crippen LogP contribution in [0.2, 0.25) is 0 Å². The van der Waals surface area contributed by atoms with Crippen molar-refractivity contribution in [2.45, 2.75) is 38.6 Å². The molecule has 2 amide bonds. The second-order valence-corrected chi connectivity index (χ2v) is 9.07. The highest BCUT2D eigenvalue weighted by Crippen LogP contribution is 2.27. The molecule has 0 bridgehead atoms. The number of carbonyl (C=O) groups excluding carboxylic acids is 2. The quantitative estimate of drug-likeness (QED) is 0.867. The molecule has 0 unspecified atom stereocenters. The van der Waals surface area contributed by atoms with Crippen molar-refractivity contribution in [2.24, 2.45) is 5.92 Å². The van der Waals surface area contributed by atoms with Gasteiger partial charge in [0.15, 0.2) is 9.84 Å². The Morgan fingerprint density at radius 2 is 1.84 bits per heavy atom. The number of benzene rings is 1. The number of hydrogen-bond donors (Lipinski definition) is 1. The summed E-state index contributed by atoms with van der Waals surface area (Å²) < 4.78 is 23.3. The lowest BCUT2D eigenvalue weighted by atomic mass is 9.85. The lowest BCUT2D eigenvalue weighted by molar-refractivity contribution is -0.122. The summed E-state index contributed by atoms with van der Waals surface area (Å²) in [7, 11) is -3.03. The third kappa shape index (κ3) is 4.03. The first-order valence-electron chi connectivity index (χ1n) is 8.82. The fourth-order valence-corrected chi connectivity index (χ4v) is 5.10. The van der Waals surface area contributed by atoms with E-state index in [2.05, 4.69) is 5.32 Å². The molecule has 2 fully saturated rings. The van der Waals surface area contributed by atoms with Gasteiger partial charge in [-0.1, -0.05) is 6.42 Å². The Morgan fingerprint density at radius 1 is 1.16 bits per heavy atom. The second kappa shape index (κ2) is 7.15. The molecule has 0 spiro atoms. The van der Waals surface area contributed by atoms with E-state index in [0.717, 1.165) is 19.3 Å². The van der Waals surface area contributed by atoms with Gasteiger partial charge in [-0.3, -0.25) is 9.59 Å². The zero-order chi connectivity index (χ0) is 18.0. The molecule has 6 nitrogen and oxygen atoms in total. The zero-order valence-corrected chi connectivity index (χ0v) is 15.2. The molecule has 1 saturated heterocycles. The number of hydrogen-bond acceptors (Lipinski definition) is 4. The van der Waals surface area contributed by atoms with Gasteiger partial charge in [0, 0.05) is 29.8 Å². The van der Waals surface area contributed by atoms with Crippen LogP contribution in [0.1, 0.15) is 43.0 Å². The predicted octanol–water partition coefficient (Wildman–Crippen LogP) is 2.07. The molecule has 1 aromatic carbocycles. The maximum Gasteiger partial charge on any atom is 0.254 e. The van der Waals surface area contributed by atoms with Crippen LogP contribution in [0.5, 0.6) is 0 Å². The average Bonchev–Trinajstić information content (AvgIpc) is 2.86. The van der Waals surface area contributed by atoms with Crippen molar-refractivity contribution in [3.63, 3.8) is 0 Å². The summed E-state index contributed by atoms with van der Waals surface area (Å²) in [5.74, 6) is 0.176. The third-order valence-electron chi connectivity index (χ3n) is 5.13. The Balaban J connectivity index is 1.65. The molecule has 0 radical (unpaired) electrons. The number of sulfone groups is 1. The Hall–Kier alpha value is -1.89. The van der Waals surface area contributed by atoms with Crippen LogP contribution in [-0.4, -0.2) is 49.2 Å². The Morgan fingerprint density at radius 3 is 2.32 bits per heavy atom. The van der Waals surface area contributed by atoms with Crippen LogP contribution < -0.4 is 5.32 Å². The van der Waals surface area contributed by atoms with Gasteiger partial charge >= 0.3 is 0 Å². The largest absolute Gasteiger partial charge is 0.335 e. The van der Waals surface area contributed by atoms with Gasteiger partial charge in [0.1, 0.15) is 0 Å². The van der Waals surface area contributed by atoms with E-state index in [1.807, 2.05) is 6.92 Å². The standard InChI is InChI=1S/C18H24N2O4S/c1-2-20(16-10-11-25(23,24)12-16)18(22)14-6-8-15(9-7-14)19-17(21)13-4-3-5-13/h6-9,13,16H,2-5,10-12H2,1H3,(H,19,21)/t16-/m0/s1. The first-order valence-corrected chi connectivity index (χ1v) is 10.6. The van der Waals surface area contributed by atoms with Crippen molar-refractivity contribution < 1.29 is 18.0 Å². The minimum atomic E-state index is -3.03. The first kappa shape index (κ1) is 17.9. The third-order valence-corrected chi connectivity index (χ3v) is 6.88. The molecule has 1 saturated carbocycles. The van der Waals surface area contributed by atoms with E-state index in [1.165, 1.54) is 0 Å². The molecular formula is C18H24N2O4S. The van der Waals surface area contributed by atoms with Crippen molar-refractivity contribution in [3.05, 3.63) is 29.8 Å². The highest BCUT2D eigenvalue weighted by atomic mass is 32.2. The average molecular weight is 364 g/mol. The molecule has 136 valence electrons. The molecule has 1 atom stereocenters. The SMILES string of the molecule is CCN(C(=O)c1ccc(NC(=O)C2CCC2)cc1)[C@H]1CCS(=O)(=O)C1. The topological polar surface area (TPSA) is 83.6 Å². The highest BCUT2D eigenvalue weighted by Gasteiger charge is 2.34. The van der Waals surface area contributed by atoms with Crippen LogP contribution in [0, 0.1) is 5.92 Å². The van der Waals surface area contributed by atoms with E-state index in [4.69, 9.17) is 0 Å². The Kier molecular flexibility index (Phi) is 5.13. The maximum atomic E-state index is 12.7. The smallest absolute Gasteiger partial charge is 0.254 e. The molecule has 1 heterocycles. The maximum absolute atomic E-state index is 12.7. The normalized spacial score (nSPS) is 22.2. The van der Waals surface area contributed by atoms with Gasteiger partial charge in [-0.05, 0) is 50.5 Å². The predicted molar refractivity (Wildman–Crippen MR) is 96.2 cm³/mol. The lowest BCUT2D eigenvalue weighted by Gasteiger charge is -2.27. The van der Waals surface area contributed by atoms with E-state index in [0.29, 0.717) is 24.2 Å². The number of rotatable bonds is 5. The van der Waals surface area contributed by atoms with E-state index in [9.17, 15) is 18.0 Å².